The molecular weight excluding hydrogens is 220 g/mol. The van der Waals surface area contributed by atoms with Crippen molar-refractivity contribution in [3.05, 3.63) is 48.3 Å². The lowest BCUT2D eigenvalue weighted by Crippen LogP contribution is -2.05. The van der Waals surface area contributed by atoms with Crippen LogP contribution in [0.5, 0.6) is 0 Å². The van der Waals surface area contributed by atoms with Gasteiger partial charge in [0.2, 0.25) is 0 Å². The zero-order valence-corrected chi connectivity index (χ0v) is 9.54. The van der Waals surface area contributed by atoms with E-state index in [4.69, 9.17) is 0 Å². The Morgan fingerprint density at radius 1 is 1.31 bits per heavy atom. The zero-order chi connectivity index (χ0) is 11.2. The minimum atomic E-state index is 0.215. The van der Waals surface area contributed by atoms with Crippen LogP contribution in [0.15, 0.2) is 47.9 Å². The molecule has 1 aromatic carbocycles. The maximum atomic E-state index is 11.6. The quantitative estimate of drug-likeness (QED) is 0.805. The number of aromatic amines is 1. The number of benzene rings is 1. The number of hydrogen-bond donors (Lipinski definition) is 1. The lowest BCUT2D eigenvalue weighted by atomic mass is 10.1. The van der Waals surface area contributed by atoms with Crippen molar-refractivity contribution < 1.29 is 4.79 Å². The Bertz CT molecular complexity index is 439. The molecule has 0 bridgehead atoms. The van der Waals surface area contributed by atoms with Gasteiger partial charge in [-0.1, -0.05) is 42.1 Å². The summed E-state index contributed by atoms with van der Waals surface area (Å²) in [7, 11) is 0. The summed E-state index contributed by atoms with van der Waals surface area (Å²) in [5.74, 6) is 0.676. The molecule has 0 amide bonds. The second-order valence-electron chi connectivity index (χ2n) is 3.38. The van der Waals surface area contributed by atoms with E-state index < -0.39 is 0 Å². The van der Waals surface area contributed by atoms with Crippen LogP contribution in [0.3, 0.4) is 0 Å². The predicted molar refractivity (Wildman–Crippen MR) is 64.5 cm³/mol. The standard InChI is InChI=1S/C12H12N2OS/c15-11(8-10-4-2-1-3-5-10)9-16-12-13-6-7-14-12/h1-7H,8-9H2,(H,13,14). The lowest BCUT2D eigenvalue weighted by Gasteiger charge is -1.99. The van der Waals surface area contributed by atoms with Crippen molar-refractivity contribution in [3.8, 4) is 0 Å². The highest BCUT2D eigenvalue weighted by Gasteiger charge is 2.05. The Labute approximate surface area is 98.3 Å². The van der Waals surface area contributed by atoms with E-state index in [1.807, 2.05) is 30.3 Å². The number of nitrogens with one attached hydrogen (secondary N) is 1. The number of imidazole rings is 1. The van der Waals surface area contributed by atoms with E-state index >= 15 is 0 Å². The summed E-state index contributed by atoms with van der Waals surface area (Å²) in [4.78, 5) is 18.7. The average molecular weight is 232 g/mol. The Balaban J connectivity index is 1.81. The van der Waals surface area contributed by atoms with Gasteiger partial charge in [-0.2, -0.15) is 0 Å². The summed E-state index contributed by atoms with van der Waals surface area (Å²) in [6.07, 6.45) is 3.93. The van der Waals surface area contributed by atoms with Crippen LogP contribution in [0.1, 0.15) is 5.56 Å². The van der Waals surface area contributed by atoms with Gasteiger partial charge in [-0.3, -0.25) is 4.79 Å². The molecular formula is C12H12N2OS. The molecule has 2 aromatic rings. The summed E-state index contributed by atoms with van der Waals surface area (Å²) < 4.78 is 0. The molecule has 1 aromatic heterocycles. The molecule has 0 spiro atoms. The minimum Gasteiger partial charge on any atom is -0.340 e. The molecule has 1 heterocycles. The molecule has 0 radical (unpaired) electrons. The summed E-state index contributed by atoms with van der Waals surface area (Å²) in [6, 6.07) is 9.78. The van der Waals surface area contributed by atoms with Gasteiger partial charge in [-0.15, -0.1) is 0 Å². The number of carbonyl (C=O) groups excluding carboxylic acids is 1. The van der Waals surface area contributed by atoms with Crippen LogP contribution < -0.4 is 0 Å². The monoisotopic (exact) mass is 232 g/mol. The maximum absolute atomic E-state index is 11.6. The molecule has 0 aliphatic carbocycles. The van der Waals surface area contributed by atoms with Crippen LogP contribution in [0.4, 0.5) is 0 Å². The van der Waals surface area contributed by atoms with Crippen LogP contribution in [0.2, 0.25) is 0 Å². The van der Waals surface area contributed by atoms with Gasteiger partial charge < -0.3 is 4.98 Å². The number of nitrogens with zero attached hydrogens (tertiary/aromatic N) is 1. The molecule has 2 rings (SSSR count). The summed E-state index contributed by atoms with van der Waals surface area (Å²) in [6.45, 7) is 0. The highest BCUT2D eigenvalue weighted by Crippen LogP contribution is 2.12. The molecule has 0 aliphatic heterocycles. The van der Waals surface area contributed by atoms with Crippen LogP contribution in [-0.4, -0.2) is 21.5 Å². The highest BCUT2D eigenvalue weighted by atomic mass is 32.2. The van der Waals surface area contributed by atoms with E-state index in [0.717, 1.165) is 10.7 Å². The van der Waals surface area contributed by atoms with Crippen molar-refractivity contribution in [2.75, 3.05) is 5.75 Å². The number of H-pyrrole nitrogens is 1. The summed E-state index contributed by atoms with van der Waals surface area (Å²) in [5.41, 5.74) is 1.06. The third kappa shape index (κ3) is 3.24. The van der Waals surface area contributed by atoms with Gasteiger partial charge in [0.1, 0.15) is 5.78 Å². The van der Waals surface area contributed by atoms with Crippen molar-refractivity contribution in [1.82, 2.24) is 9.97 Å². The largest absolute Gasteiger partial charge is 0.340 e. The number of thioether (sulfide) groups is 1. The predicted octanol–water partition coefficient (Wildman–Crippen LogP) is 2.31. The zero-order valence-electron chi connectivity index (χ0n) is 8.72. The molecule has 16 heavy (non-hydrogen) atoms. The topological polar surface area (TPSA) is 45.8 Å². The van der Waals surface area contributed by atoms with Gasteiger partial charge in [0, 0.05) is 18.8 Å². The molecule has 0 unspecified atom stereocenters. The normalized spacial score (nSPS) is 10.2. The first-order valence-electron chi connectivity index (χ1n) is 5.02. The van der Waals surface area contributed by atoms with E-state index in [9.17, 15) is 4.79 Å². The molecule has 0 aliphatic rings. The molecule has 0 fully saturated rings. The number of aromatic nitrogens is 2. The third-order valence-corrected chi connectivity index (χ3v) is 3.05. The number of rotatable bonds is 5. The summed E-state index contributed by atoms with van der Waals surface area (Å²) in [5, 5.41) is 0.793. The fourth-order valence-electron chi connectivity index (χ4n) is 1.35. The van der Waals surface area contributed by atoms with E-state index in [1.165, 1.54) is 11.8 Å². The van der Waals surface area contributed by atoms with Crippen molar-refractivity contribution in [3.63, 3.8) is 0 Å². The van der Waals surface area contributed by atoms with Gasteiger partial charge in [-0.25, -0.2) is 4.98 Å². The molecule has 0 atom stereocenters. The van der Waals surface area contributed by atoms with Crippen LogP contribution in [0.25, 0.3) is 0 Å². The van der Waals surface area contributed by atoms with E-state index in [1.54, 1.807) is 12.4 Å². The van der Waals surface area contributed by atoms with E-state index in [2.05, 4.69) is 9.97 Å². The average Bonchev–Trinajstić information content (AvgIpc) is 2.81. The van der Waals surface area contributed by atoms with Gasteiger partial charge in [0.15, 0.2) is 5.16 Å². The van der Waals surface area contributed by atoms with Crippen molar-refractivity contribution in [2.24, 2.45) is 0 Å². The first kappa shape index (κ1) is 11.0. The van der Waals surface area contributed by atoms with Crippen LogP contribution >= 0.6 is 11.8 Å². The fraction of sp³-hybridized carbons (Fsp3) is 0.167. The number of ketones is 1. The highest BCUT2D eigenvalue weighted by molar-refractivity contribution is 7.99. The Morgan fingerprint density at radius 3 is 2.81 bits per heavy atom. The SMILES string of the molecule is O=C(CSc1ncc[nH]1)Cc1ccccc1. The van der Waals surface area contributed by atoms with Crippen molar-refractivity contribution >= 4 is 17.5 Å². The Hall–Kier alpha value is -1.55. The van der Waals surface area contributed by atoms with Crippen LogP contribution in [-0.2, 0) is 11.2 Å². The molecule has 0 saturated carbocycles. The van der Waals surface area contributed by atoms with Crippen molar-refractivity contribution in [1.29, 1.82) is 0 Å². The van der Waals surface area contributed by atoms with E-state index in [0.29, 0.717) is 12.2 Å². The molecule has 3 nitrogen and oxygen atoms in total. The minimum absolute atomic E-state index is 0.215. The smallest absolute Gasteiger partial charge is 0.165 e. The van der Waals surface area contributed by atoms with Crippen molar-refractivity contribution in [2.45, 2.75) is 11.6 Å². The van der Waals surface area contributed by atoms with Gasteiger partial charge in [-0.05, 0) is 5.56 Å². The Kier molecular flexibility index (Phi) is 3.77. The fourth-order valence-corrected chi connectivity index (χ4v) is 2.04. The number of Topliss-reactive ketones (excluding diaryl/α,β-unsaturated/α-hetero) is 1. The second kappa shape index (κ2) is 5.51. The molecule has 0 saturated heterocycles. The van der Waals surface area contributed by atoms with Crippen LogP contribution in [0, 0.1) is 0 Å². The summed E-state index contributed by atoms with van der Waals surface area (Å²) >= 11 is 1.44. The maximum Gasteiger partial charge on any atom is 0.165 e. The van der Waals surface area contributed by atoms with Gasteiger partial charge in [0.25, 0.3) is 0 Å². The Morgan fingerprint density at radius 2 is 2.12 bits per heavy atom. The van der Waals surface area contributed by atoms with Gasteiger partial charge >= 0.3 is 0 Å². The molecule has 82 valence electrons. The third-order valence-electron chi connectivity index (χ3n) is 2.09. The molecule has 4 heteroatoms. The number of carbonyl (C=O) groups is 1. The lowest BCUT2D eigenvalue weighted by molar-refractivity contribution is -0.116. The second-order valence-corrected chi connectivity index (χ2v) is 4.35. The number of hydrogen-bond acceptors (Lipinski definition) is 3. The molecule has 1 N–H and O–H groups in total. The first-order chi connectivity index (χ1) is 7.84. The first-order valence-corrected chi connectivity index (χ1v) is 6.01. The van der Waals surface area contributed by atoms with Gasteiger partial charge in [0.05, 0.1) is 5.75 Å². The van der Waals surface area contributed by atoms with E-state index in [-0.39, 0.29) is 5.78 Å².